The summed E-state index contributed by atoms with van der Waals surface area (Å²) in [6.07, 6.45) is 10.1. The fraction of sp³-hybridized carbons (Fsp3) is 0.900. The number of carbonyl (C=O) groups is 2. The average molecular weight is 365 g/mol. The molecule has 2 unspecified atom stereocenters. The summed E-state index contributed by atoms with van der Waals surface area (Å²) < 4.78 is 0. The van der Waals surface area contributed by atoms with Crippen molar-refractivity contribution in [2.75, 3.05) is 32.7 Å². The Labute approximate surface area is 157 Å². The quantitative estimate of drug-likeness (QED) is 0.792. The average Bonchev–Trinajstić information content (AvgIpc) is 2.62. The first-order chi connectivity index (χ1) is 12.5. The lowest BCUT2D eigenvalue weighted by Crippen LogP contribution is -2.58. The van der Waals surface area contributed by atoms with E-state index in [2.05, 4.69) is 10.2 Å². The second kappa shape index (κ2) is 8.70. The first-order valence-corrected chi connectivity index (χ1v) is 10.5. The topological polar surface area (TPSA) is 78.7 Å². The van der Waals surface area contributed by atoms with Crippen LogP contribution in [0, 0.1) is 5.92 Å². The van der Waals surface area contributed by atoms with Crippen molar-refractivity contribution in [3.05, 3.63) is 0 Å². The van der Waals surface area contributed by atoms with Crippen molar-refractivity contribution < 1.29 is 9.59 Å². The van der Waals surface area contributed by atoms with E-state index >= 15 is 0 Å². The third-order valence-corrected chi connectivity index (χ3v) is 6.57. The molecule has 2 amide bonds. The van der Waals surface area contributed by atoms with Crippen LogP contribution in [0.2, 0.25) is 0 Å². The lowest BCUT2D eigenvalue weighted by Gasteiger charge is -2.42. The van der Waals surface area contributed by atoms with Gasteiger partial charge in [-0.3, -0.25) is 14.5 Å². The molecule has 3 aliphatic rings. The highest BCUT2D eigenvalue weighted by molar-refractivity contribution is 5.81. The number of rotatable bonds is 4. The van der Waals surface area contributed by atoms with E-state index in [1.807, 2.05) is 11.8 Å². The molecular formula is C20H36N4O2. The van der Waals surface area contributed by atoms with E-state index in [9.17, 15) is 9.59 Å². The number of nitrogens with zero attached hydrogens (tertiary/aromatic N) is 2. The van der Waals surface area contributed by atoms with Crippen molar-refractivity contribution in [1.29, 1.82) is 0 Å². The maximum Gasteiger partial charge on any atom is 0.234 e. The van der Waals surface area contributed by atoms with Gasteiger partial charge in [0.1, 0.15) is 0 Å². The smallest absolute Gasteiger partial charge is 0.234 e. The Bertz CT molecular complexity index is 494. The molecule has 1 saturated heterocycles. The Morgan fingerprint density at radius 3 is 2.31 bits per heavy atom. The van der Waals surface area contributed by atoms with Gasteiger partial charge in [-0.1, -0.05) is 32.1 Å². The Morgan fingerprint density at radius 1 is 1.00 bits per heavy atom. The van der Waals surface area contributed by atoms with E-state index in [0.717, 1.165) is 51.6 Å². The second-order valence-corrected chi connectivity index (χ2v) is 8.81. The predicted molar refractivity (Wildman–Crippen MR) is 103 cm³/mol. The van der Waals surface area contributed by atoms with Crippen LogP contribution in [-0.4, -0.2) is 65.9 Å². The molecule has 3 fully saturated rings. The molecule has 2 saturated carbocycles. The molecule has 0 aromatic rings. The Morgan fingerprint density at radius 2 is 1.65 bits per heavy atom. The first kappa shape index (κ1) is 19.6. The molecule has 1 aliphatic heterocycles. The summed E-state index contributed by atoms with van der Waals surface area (Å²) in [5, 5.41) is 3.18. The van der Waals surface area contributed by atoms with Crippen molar-refractivity contribution >= 4 is 11.8 Å². The largest absolute Gasteiger partial charge is 0.352 e. The molecule has 1 heterocycles. The monoisotopic (exact) mass is 364 g/mol. The van der Waals surface area contributed by atoms with Crippen LogP contribution in [0.3, 0.4) is 0 Å². The number of nitrogens with one attached hydrogen (secondary N) is 1. The highest BCUT2D eigenvalue weighted by Gasteiger charge is 2.40. The molecule has 0 aromatic carbocycles. The highest BCUT2D eigenvalue weighted by atomic mass is 16.2. The lowest BCUT2D eigenvalue weighted by atomic mass is 9.74. The summed E-state index contributed by atoms with van der Waals surface area (Å²) in [4.78, 5) is 29.3. The number of hydrogen-bond donors (Lipinski definition) is 2. The fourth-order valence-corrected chi connectivity index (χ4v) is 4.83. The zero-order chi connectivity index (χ0) is 18.6. The van der Waals surface area contributed by atoms with Crippen LogP contribution in [-0.2, 0) is 9.59 Å². The van der Waals surface area contributed by atoms with Crippen molar-refractivity contribution in [1.82, 2.24) is 15.1 Å². The van der Waals surface area contributed by atoms with Gasteiger partial charge in [0.15, 0.2) is 0 Å². The van der Waals surface area contributed by atoms with E-state index < -0.39 is 0 Å². The fourth-order valence-electron chi connectivity index (χ4n) is 4.83. The zero-order valence-corrected chi connectivity index (χ0v) is 16.3. The van der Waals surface area contributed by atoms with Gasteiger partial charge in [-0.05, 0) is 32.6 Å². The maximum absolute atomic E-state index is 12.9. The van der Waals surface area contributed by atoms with Crippen LogP contribution >= 0.6 is 0 Å². The molecule has 2 aliphatic carbocycles. The number of amides is 2. The lowest BCUT2D eigenvalue weighted by molar-refractivity contribution is -0.140. The second-order valence-electron chi connectivity index (χ2n) is 8.81. The van der Waals surface area contributed by atoms with E-state index in [-0.39, 0.29) is 23.3 Å². The van der Waals surface area contributed by atoms with Gasteiger partial charge in [0.25, 0.3) is 0 Å². The Balaban J connectivity index is 1.42. The third kappa shape index (κ3) is 4.97. The maximum atomic E-state index is 12.9. The third-order valence-electron chi connectivity index (χ3n) is 6.57. The van der Waals surface area contributed by atoms with Crippen LogP contribution in [0.1, 0.15) is 64.7 Å². The number of carbonyl (C=O) groups excluding carboxylic acids is 2. The number of nitrogens with two attached hydrogens (primary N) is 1. The van der Waals surface area contributed by atoms with Gasteiger partial charge < -0.3 is 16.0 Å². The van der Waals surface area contributed by atoms with E-state index in [1.165, 1.54) is 19.3 Å². The summed E-state index contributed by atoms with van der Waals surface area (Å²) in [5.41, 5.74) is 6.03. The molecule has 0 radical (unpaired) electrons. The predicted octanol–water partition coefficient (Wildman–Crippen LogP) is 1.49. The molecule has 0 aromatic heterocycles. The molecule has 2 atom stereocenters. The van der Waals surface area contributed by atoms with Gasteiger partial charge in [0, 0.05) is 37.8 Å². The summed E-state index contributed by atoms with van der Waals surface area (Å²) in [6.45, 7) is 5.46. The van der Waals surface area contributed by atoms with Crippen molar-refractivity contribution in [2.45, 2.75) is 76.3 Å². The van der Waals surface area contributed by atoms with Crippen molar-refractivity contribution in [2.24, 2.45) is 11.7 Å². The van der Waals surface area contributed by atoms with Crippen LogP contribution in [0.5, 0.6) is 0 Å². The van der Waals surface area contributed by atoms with Crippen LogP contribution in [0.15, 0.2) is 0 Å². The van der Waals surface area contributed by atoms with Gasteiger partial charge in [-0.2, -0.15) is 0 Å². The Kier molecular flexibility index (Phi) is 6.56. The highest BCUT2D eigenvalue weighted by Crippen LogP contribution is 2.33. The van der Waals surface area contributed by atoms with E-state index in [4.69, 9.17) is 5.73 Å². The van der Waals surface area contributed by atoms with Crippen molar-refractivity contribution in [3.8, 4) is 0 Å². The van der Waals surface area contributed by atoms with Crippen molar-refractivity contribution in [3.63, 3.8) is 0 Å². The molecule has 26 heavy (non-hydrogen) atoms. The molecule has 0 bridgehead atoms. The van der Waals surface area contributed by atoms with Crippen LogP contribution in [0.25, 0.3) is 0 Å². The summed E-state index contributed by atoms with van der Waals surface area (Å²) in [7, 11) is 0. The minimum absolute atomic E-state index is 0.0441. The molecule has 6 heteroatoms. The van der Waals surface area contributed by atoms with E-state index in [1.54, 1.807) is 0 Å². The Hall–Kier alpha value is -1.14. The van der Waals surface area contributed by atoms with Crippen LogP contribution in [0.4, 0.5) is 0 Å². The van der Waals surface area contributed by atoms with E-state index in [0.29, 0.717) is 25.7 Å². The molecule has 148 valence electrons. The minimum atomic E-state index is -0.369. The summed E-state index contributed by atoms with van der Waals surface area (Å²) in [6, 6.07) is 0.368. The van der Waals surface area contributed by atoms with Gasteiger partial charge in [-0.15, -0.1) is 0 Å². The summed E-state index contributed by atoms with van der Waals surface area (Å²) >= 11 is 0. The molecule has 6 nitrogen and oxygen atoms in total. The van der Waals surface area contributed by atoms with Crippen LogP contribution < -0.4 is 11.1 Å². The minimum Gasteiger partial charge on any atom is -0.352 e. The SMILES string of the molecule is CC1(N)CCCCC1C(=O)N1CCN(CC(=O)NC2CCCCC2)CC1. The summed E-state index contributed by atoms with van der Waals surface area (Å²) in [5.74, 6) is 0.317. The van der Waals surface area contributed by atoms with Gasteiger partial charge in [0.05, 0.1) is 12.5 Å². The van der Waals surface area contributed by atoms with Gasteiger partial charge in [-0.25, -0.2) is 0 Å². The standard InChI is InChI=1S/C20H36N4O2/c1-20(21)10-6-5-9-17(20)19(26)24-13-11-23(12-14-24)15-18(25)22-16-7-3-2-4-8-16/h16-17H,2-15,21H2,1H3,(H,22,25). The van der Waals surface area contributed by atoms with Gasteiger partial charge >= 0.3 is 0 Å². The molecule has 0 spiro atoms. The molecule has 3 rings (SSSR count). The zero-order valence-electron chi connectivity index (χ0n) is 16.3. The number of hydrogen-bond acceptors (Lipinski definition) is 4. The first-order valence-electron chi connectivity index (χ1n) is 10.5. The number of piperazine rings is 1. The molecule has 3 N–H and O–H groups in total. The molecular weight excluding hydrogens is 328 g/mol. The van der Waals surface area contributed by atoms with Gasteiger partial charge in [0.2, 0.25) is 11.8 Å². The normalized spacial score (nSPS) is 31.6.